The Morgan fingerprint density at radius 3 is 2.58 bits per heavy atom. The number of anilines is 1. The van der Waals surface area contributed by atoms with E-state index in [2.05, 4.69) is 26.1 Å². The Morgan fingerprint density at radius 1 is 1.19 bits per heavy atom. The summed E-state index contributed by atoms with van der Waals surface area (Å²) in [5.74, 6) is 0.869. The number of hydrogen-bond donors (Lipinski definition) is 1. The summed E-state index contributed by atoms with van der Waals surface area (Å²) in [5, 5.41) is 3.13. The maximum atomic E-state index is 12.7. The van der Waals surface area contributed by atoms with E-state index in [4.69, 9.17) is 9.47 Å². The predicted molar refractivity (Wildman–Crippen MR) is 99.3 cm³/mol. The molecule has 2 aliphatic heterocycles. The molecule has 1 aromatic rings. The van der Waals surface area contributed by atoms with E-state index in [1.807, 2.05) is 19.9 Å². The average molecular weight is 360 g/mol. The van der Waals surface area contributed by atoms with Crippen LogP contribution >= 0.6 is 0 Å². The normalized spacial score (nSPS) is 19.8. The molecule has 2 heterocycles. The van der Waals surface area contributed by atoms with Crippen LogP contribution in [-0.2, 0) is 9.59 Å². The van der Waals surface area contributed by atoms with Crippen LogP contribution in [0, 0.1) is 11.3 Å². The van der Waals surface area contributed by atoms with E-state index in [0.717, 1.165) is 12.1 Å². The van der Waals surface area contributed by atoms with Crippen molar-refractivity contribution in [2.24, 2.45) is 11.3 Å². The Labute approximate surface area is 154 Å². The zero-order chi connectivity index (χ0) is 19.1. The van der Waals surface area contributed by atoms with E-state index in [-0.39, 0.29) is 41.9 Å². The van der Waals surface area contributed by atoms with Crippen LogP contribution in [0.15, 0.2) is 18.2 Å². The first kappa shape index (κ1) is 18.5. The smallest absolute Gasteiger partial charge is 0.231 e. The van der Waals surface area contributed by atoms with Gasteiger partial charge < -0.3 is 19.7 Å². The van der Waals surface area contributed by atoms with Gasteiger partial charge in [-0.2, -0.15) is 0 Å². The van der Waals surface area contributed by atoms with Crippen molar-refractivity contribution in [1.29, 1.82) is 0 Å². The van der Waals surface area contributed by atoms with Gasteiger partial charge in [0.1, 0.15) is 0 Å². The second kappa shape index (κ2) is 6.49. The van der Waals surface area contributed by atoms with Gasteiger partial charge in [-0.05, 0) is 37.8 Å². The van der Waals surface area contributed by atoms with Gasteiger partial charge in [0.25, 0.3) is 0 Å². The minimum Gasteiger partial charge on any atom is -0.454 e. The van der Waals surface area contributed by atoms with E-state index >= 15 is 0 Å². The highest BCUT2D eigenvalue weighted by Crippen LogP contribution is 2.37. The van der Waals surface area contributed by atoms with E-state index in [1.165, 1.54) is 0 Å². The van der Waals surface area contributed by atoms with Crippen LogP contribution in [0.4, 0.5) is 5.69 Å². The van der Waals surface area contributed by atoms with E-state index in [1.54, 1.807) is 17.0 Å². The molecule has 1 unspecified atom stereocenters. The summed E-state index contributed by atoms with van der Waals surface area (Å²) in [4.78, 5) is 26.8. The third kappa shape index (κ3) is 4.11. The molecule has 1 aromatic carbocycles. The Hall–Kier alpha value is -2.24. The summed E-state index contributed by atoms with van der Waals surface area (Å²) in [6.07, 6.45) is 1.09. The second-order valence-electron chi connectivity index (χ2n) is 9.05. The fourth-order valence-corrected chi connectivity index (χ4v) is 3.99. The van der Waals surface area contributed by atoms with E-state index in [0.29, 0.717) is 18.0 Å². The number of benzene rings is 1. The first-order valence-corrected chi connectivity index (χ1v) is 9.06. The van der Waals surface area contributed by atoms with Gasteiger partial charge in [-0.15, -0.1) is 0 Å². The fourth-order valence-electron chi connectivity index (χ4n) is 3.99. The topological polar surface area (TPSA) is 67.9 Å². The van der Waals surface area contributed by atoms with Gasteiger partial charge in [0.05, 0.1) is 5.92 Å². The molecule has 0 aromatic heterocycles. The highest BCUT2D eigenvalue weighted by Gasteiger charge is 2.38. The molecule has 0 bridgehead atoms. The van der Waals surface area contributed by atoms with Crippen molar-refractivity contribution in [2.75, 3.05) is 18.2 Å². The SMILES string of the molecule is CC(C)(C)CC(C)(C)NC(=O)C1CC(=O)N(c2ccc3c(c2)OCO3)C1. The molecular formula is C20H28N2O4. The number of hydrogen-bond acceptors (Lipinski definition) is 4. The van der Waals surface area contributed by atoms with Crippen molar-refractivity contribution in [2.45, 2.75) is 53.0 Å². The van der Waals surface area contributed by atoms with Gasteiger partial charge in [0, 0.05) is 30.3 Å². The molecule has 0 spiro atoms. The number of nitrogens with zero attached hydrogens (tertiary/aromatic N) is 1. The van der Waals surface area contributed by atoms with Gasteiger partial charge in [0.2, 0.25) is 18.6 Å². The molecule has 0 radical (unpaired) electrons. The number of nitrogens with one attached hydrogen (secondary N) is 1. The summed E-state index contributed by atoms with van der Waals surface area (Å²) in [6.45, 7) is 11.1. The van der Waals surface area contributed by atoms with Crippen molar-refractivity contribution in [3.8, 4) is 11.5 Å². The molecule has 6 heteroatoms. The Morgan fingerprint density at radius 2 is 1.88 bits per heavy atom. The number of rotatable bonds is 4. The molecule has 142 valence electrons. The molecular weight excluding hydrogens is 332 g/mol. The summed E-state index contributed by atoms with van der Waals surface area (Å²) in [5.41, 5.74) is 0.536. The lowest BCUT2D eigenvalue weighted by Gasteiger charge is -2.34. The van der Waals surface area contributed by atoms with Crippen LogP contribution in [0.1, 0.15) is 47.5 Å². The largest absolute Gasteiger partial charge is 0.454 e. The quantitative estimate of drug-likeness (QED) is 0.896. The third-order valence-electron chi connectivity index (χ3n) is 4.60. The predicted octanol–water partition coefficient (Wildman–Crippen LogP) is 3.10. The van der Waals surface area contributed by atoms with Crippen LogP contribution in [-0.4, -0.2) is 30.7 Å². The molecule has 0 saturated carbocycles. The van der Waals surface area contributed by atoms with Crippen molar-refractivity contribution < 1.29 is 19.1 Å². The molecule has 0 aliphatic carbocycles. The molecule has 3 rings (SSSR count). The maximum absolute atomic E-state index is 12.7. The minimum atomic E-state index is -0.341. The van der Waals surface area contributed by atoms with Gasteiger partial charge in [-0.25, -0.2) is 0 Å². The molecule has 26 heavy (non-hydrogen) atoms. The van der Waals surface area contributed by atoms with Crippen molar-refractivity contribution in [1.82, 2.24) is 5.32 Å². The fraction of sp³-hybridized carbons (Fsp3) is 0.600. The van der Waals surface area contributed by atoms with Crippen LogP contribution in [0.3, 0.4) is 0 Å². The summed E-state index contributed by atoms with van der Waals surface area (Å²) < 4.78 is 10.7. The molecule has 6 nitrogen and oxygen atoms in total. The lowest BCUT2D eigenvalue weighted by molar-refractivity contribution is -0.128. The van der Waals surface area contributed by atoms with E-state index < -0.39 is 0 Å². The Balaban J connectivity index is 1.66. The van der Waals surface area contributed by atoms with E-state index in [9.17, 15) is 9.59 Å². The highest BCUT2D eigenvalue weighted by atomic mass is 16.7. The monoisotopic (exact) mass is 360 g/mol. The molecule has 2 aliphatic rings. The Bertz CT molecular complexity index is 721. The molecule has 1 fully saturated rings. The molecule has 1 N–H and O–H groups in total. The van der Waals surface area contributed by atoms with Gasteiger partial charge in [0.15, 0.2) is 11.5 Å². The number of amides is 2. The first-order chi connectivity index (χ1) is 12.0. The second-order valence-corrected chi connectivity index (χ2v) is 9.05. The number of carbonyl (C=O) groups excluding carboxylic acids is 2. The van der Waals surface area contributed by atoms with Crippen LogP contribution in [0.25, 0.3) is 0 Å². The number of carbonyl (C=O) groups is 2. The number of fused-ring (bicyclic) bond motifs is 1. The van der Waals surface area contributed by atoms with Crippen molar-refractivity contribution >= 4 is 17.5 Å². The molecule has 1 saturated heterocycles. The summed E-state index contributed by atoms with van der Waals surface area (Å²) >= 11 is 0. The zero-order valence-electron chi connectivity index (χ0n) is 16.2. The standard InChI is InChI=1S/C20H28N2O4/c1-19(2,3)11-20(4,5)21-18(24)13-8-17(23)22(10-13)14-6-7-15-16(9-14)26-12-25-15/h6-7,9,13H,8,10-12H2,1-5H3,(H,21,24). The number of ether oxygens (including phenoxy) is 2. The molecule has 2 amide bonds. The highest BCUT2D eigenvalue weighted by molar-refractivity contribution is 6.00. The first-order valence-electron chi connectivity index (χ1n) is 9.06. The van der Waals surface area contributed by atoms with Gasteiger partial charge >= 0.3 is 0 Å². The molecule has 1 atom stereocenters. The minimum absolute atomic E-state index is 0.0438. The third-order valence-corrected chi connectivity index (χ3v) is 4.60. The average Bonchev–Trinajstić information content (AvgIpc) is 3.09. The van der Waals surface area contributed by atoms with Gasteiger partial charge in [-0.1, -0.05) is 20.8 Å². The zero-order valence-corrected chi connectivity index (χ0v) is 16.2. The van der Waals surface area contributed by atoms with Crippen molar-refractivity contribution in [3.63, 3.8) is 0 Å². The van der Waals surface area contributed by atoms with Crippen LogP contribution < -0.4 is 19.7 Å². The van der Waals surface area contributed by atoms with Crippen molar-refractivity contribution in [3.05, 3.63) is 18.2 Å². The van der Waals surface area contributed by atoms with Crippen LogP contribution in [0.5, 0.6) is 11.5 Å². The van der Waals surface area contributed by atoms with Crippen LogP contribution in [0.2, 0.25) is 0 Å². The Kier molecular flexibility index (Phi) is 4.63. The van der Waals surface area contributed by atoms with Gasteiger partial charge in [-0.3, -0.25) is 9.59 Å². The summed E-state index contributed by atoms with van der Waals surface area (Å²) in [6, 6.07) is 5.42. The summed E-state index contributed by atoms with van der Waals surface area (Å²) in [7, 11) is 0. The lowest BCUT2D eigenvalue weighted by Crippen LogP contribution is -2.48. The maximum Gasteiger partial charge on any atom is 0.231 e. The lowest BCUT2D eigenvalue weighted by atomic mass is 9.81.